The van der Waals surface area contributed by atoms with Gasteiger partial charge in [-0.05, 0) is 41.8 Å². The fourth-order valence-corrected chi connectivity index (χ4v) is 2.82. The molecule has 1 atom stereocenters. The summed E-state index contributed by atoms with van der Waals surface area (Å²) in [6.45, 7) is 2.07. The molecule has 0 aliphatic rings. The summed E-state index contributed by atoms with van der Waals surface area (Å²) < 4.78 is 1.91. The van der Waals surface area contributed by atoms with E-state index in [1.807, 2.05) is 30.3 Å². The van der Waals surface area contributed by atoms with Crippen LogP contribution in [0.25, 0.3) is 0 Å². The van der Waals surface area contributed by atoms with Crippen LogP contribution in [-0.2, 0) is 6.42 Å². The van der Waals surface area contributed by atoms with Crippen molar-refractivity contribution in [1.29, 1.82) is 0 Å². The number of benzene rings is 2. The first-order valence-electron chi connectivity index (χ1n) is 5.75. The predicted octanol–water partition coefficient (Wildman–Crippen LogP) is 4.80. The lowest BCUT2D eigenvalue weighted by molar-refractivity contribution is 0.177. The van der Waals surface area contributed by atoms with Crippen molar-refractivity contribution in [3.63, 3.8) is 0 Å². The van der Waals surface area contributed by atoms with Crippen LogP contribution in [0.1, 0.15) is 22.8 Å². The maximum atomic E-state index is 10.4. The van der Waals surface area contributed by atoms with Crippen LogP contribution in [0.4, 0.5) is 0 Å². The van der Waals surface area contributed by atoms with Gasteiger partial charge in [-0.3, -0.25) is 0 Å². The topological polar surface area (TPSA) is 20.2 Å². The molecule has 0 radical (unpaired) electrons. The Hall–Kier alpha value is -0.640. The molecule has 0 saturated heterocycles. The van der Waals surface area contributed by atoms with E-state index in [0.29, 0.717) is 6.42 Å². The molecule has 3 heteroatoms. The molecule has 1 N–H and O–H groups in total. The summed E-state index contributed by atoms with van der Waals surface area (Å²) in [7, 11) is 0. The molecular weight excluding hydrogens is 356 g/mol. The van der Waals surface area contributed by atoms with Crippen molar-refractivity contribution in [1.82, 2.24) is 0 Å². The zero-order chi connectivity index (χ0) is 13.1. The predicted molar refractivity (Wildman–Crippen MR) is 81.7 cm³/mol. The van der Waals surface area contributed by atoms with Gasteiger partial charge in [-0.25, -0.2) is 0 Å². The summed E-state index contributed by atoms with van der Waals surface area (Å²) in [6, 6.07) is 14.0. The first-order chi connectivity index (χ1) is 8.58. The molecule has 0 aromatic heterocycles. The number of aryl methyl sites for hydroxylation is 1. The maximum absolute atomic E-state index is 10.4. The second kappa shape index (κ2) is 6.00. The number of rotatable bonds is 3. The molecule has 18 heavy (non-hydrogen) atoms. The van der Waals surface area contributed by atoms with E-state index in [1.165, 1.54) is 11.1 Å². The third-order valence-corrected chi connectivity index (χ3v) is 4.21. The van der Waals surface area contributed by atoms with Gasteiger partial charge in [0.15, 0.2) is 0 Å². The summed E-state index contributed by atoms with van der Waals surface area (Å²) in [6.07, 6.45) is 0.125. The minimum Gasteiger partial charge on any atom is -0.388 e. The van der Waals surface area contributed by atoms with Gasteiger partial charge in [0.05, 0.1) is 6.10 Å². The zero-order valence-corrected chi connectivity index (χ0v) is 13.2. The average molecular weight is 370 g/mol. The van der Waals surface area contributed by atoms with Crippen LogP contribution in [0.3, 0.4) is 0 Å². The molecule has 0 amide bonds. The van der Waals surface area contributed by atoms with Gasteiger partial charge in [0.25, 0.3) is 0 Å². The summed E-state index contributed by atoms with van der Waals surface area (Å²) in [5, 5.41) is 10.4. The fraction of sp³-hybridized carbons (Fsp3) is 0.200. The van der Waals surface area contributed by atoms with E-state index < -0.39 is 6.10 Å². The molecule has 1 unspecified atom stereocenters. The fourth-order valence-electron chi connectivity index (χ4n) is 1.93. The monoisotopic (exact) mass is 368 g/mol. The highest BCUT2D eigenvalue weighted by atomic mass is 79.9. The zero-order valence-electron chi connectivity index (χ0n) is 10.0. The van der Waals surface area contributed by atoms with Gasteiger partial charge in [0, 0.05) is 15.4 Å². The lowest BCUT2D eigenvalue weighted by atomic mass is 9.98. The summed E-state index contributed by atoms with van der Waals surface area (Å²) in [4.78, 5) is 0. The molecule has 0 spiro atoms. The number of hydrogen-bond donors (Lipinski definition) is 1. The molecule has 0 aliphatic heterocycles. The standard InChI is InChI=1S/C15H14Br2O/c1-10-4-2-3-5-11(10)8-15(18)13-9-12(16)6-7-14(13)17/h2-7,9,15,18H,8H2,1H3. The van der Waals surface area contributed by atoms with Crippen molar-refractivity contribution in [2.75, 3.05) is 0 Å². The normalized spacial score (nSPS) is 12.4. The Labute approximate surface area is 124 Å². The molecule has 0 saturated carbocycles. The Kier molecular flexibility index (Phi) is 4.60. The van der Waals surface area contributed by atoms with Gasteiger partial charge in [-0.1, -0.05) is 56.1 Å². The SMILES string of the molecule is Cc1ccccc1CC(O)c1cc(Br)ccc1Br. The lowest BCUT2D eigenvalue weighted by Gasteiger charge is -2.15. The molecule has 0 aliphatic carbocycles. The van der Waals surface area contributed by atoms with E-state index >= 15 is 0 Å². The third kappa shape index (κ3) is 3.22. The Morgan fingerprint density at radius 1 is 1.11 bits per heavy atom. The Morgan fingerprint density at radius 2 is 1.83 bits per heavy atom. The molecule has 1 nitrogen and oxygen atoms in total. The first kappa shape index (κ1) is 13.8. The minimum atomic E-state index is -0.502. The number of aliphatic hydroxyl groups excluding tert-OH is 1. The van der Waals surface area contributed by atoms with Gasteiger partial charge in [-0.15, -0.1) is 0 Å². The Bertz CT molecular complexity index is 552. The first-order valence-corrected chi connectivity index (χ1v) is 7.34. The molecule has 0 bridgehead atoms. The van der Waals surface area contributed by atoms with Crippen molar-refractivity contribution >= 4 is 31.9 Å². The van der Waals surface area contributed by atoms with Crippen molar-refractivity contribution in [2.24, 2.45) is 0 Å². The van der Waals surface area contributed by atoms with Gasteiger partial charge < -0.3 is 5.11 Å². The second-order valence-corrected chi connectivity index (χ2v) is 6.08. The van der Waals surface area contributed by atoms with Crippen LogP contribution in [0.15, 0.2) is 51.4 Å². The summed E-state index contributed by atoms with van der Waals surface area (Å²) in [5.74, 6) is 0. The lowest BCUT2D eigenvalue weighted by Crippen LogP contribution is -2.04. The van der Waals surface area contributed by atoms with Gasteiger partial charge in [0.1, 0.15) is 0 Å². The van der Waals surface area contributed by atoms with Crippen molar-refractivity contribution in [2.45, 2.75) is 19.4 Å². The molecule has 2 aromatic rings. The molecule has 0 heterocycles. The van der Waals surface area contributed by atoms with E-state index in [-0.39, 0.29) is 0 Å². The largest absolute Gasteiger partial charge is 0.388 e. The average Bonchev–Trinajstić information content (AvgIpc) is 2.35. The molecular formula is C15H14Br2O. The number of halogens is 2. The van der Waals surface area contributed by atoms with Crippen LogP contribution in [0.5, 0.6) is 0 Å². The van der Waals surface area contributed by atoms with E-state index in [4.69, 9.17) is 0 Å². The van der Waals surface area contributed by atoms with E-state index in [1.54, 1.807) is 0 Å². The second-order valence-electron chi connectivity index (χ2n) is 4.31. The maximum Gasteiger partial charge on any atom is 0.0841 e. The van der Waals surface area contributed by atoms with Gasteiger partial charge in [0.2, 0.25) is 0 Å². The Balaban J connectivity index is 2.25. The van der Waals surface area contributed by atoms with Crippen LogP contribution in [0.2, 0.25) is 0 Å². The van der Waals surface area contributed by atoms with Crippen molar-refractivity contribution in [3.8, 4) is 0 Å². The van der Waals surface area contributed by atoms with Crippen LogP contribution >= 0.6 is 31.9 Å². The van der Waals surface area contributed by atoms with E-state index in [0.717, 1.165) is 14.5 Å². The number of aliphatic hydroxyl groups is 1. The van der Waals surface area contributed by atoms with Gasteiger partial charge in [-0.2, -0.15) is 0 Å². The highest BCUT2D eigenvalue weighted by molar-refractivity contribution is 9.11. The minimum absolute atomic E-state index is 0.502. The molecule has 2 aromatic carbocycles. The van der Waals surface area contributed by atoms with Crippen LogP contribution < -0.4 is 0 Å². The van der Waals surface area contributed by atoms with Crippen molar-refractivity contribution < 1.29 is 5.11 Å². The summed E-state index contributed by atoms with van der Waals surface area (Å²) >= 11 is 6.91. The van der Waals surface area contributed by atoms with Crippen LogP contribution in [0, 0.1) is 6.92 Å². The van der Waals surface area contributed by atoms with Crippen LogP contribution in [-0.4, -0.2) is 5.11 Å². The highest BCUT2D eigenvalue weighted by Gasteiger charge is 2.13. The smallest absolute Gasteiger partial charge is 0.0841 e. The number of hydrogen-bond acceptors (Lipinski definition) is 1. The van der Waals surface area contributed by atoms with E-state index in [2.05, 4.69) is 50.9 Å². The van der Waals surface area contributed by atoms with Crippen molar-refractivity contribution in [3.05, 3.63) is 68.1 Å². The Morgan fingerprint density at radius 3 is 2.56 bits per heavy atom. The molecule has 2 rings (SSSR count). The molecule has 94 valence electrons. The van der Waals surface area contributed by atoms with E-state index in [9.17, 15) is 5.11 Å². The van der Waals surface area contributed by atoms with Gasteiger partial charge >= 0.3 is 0 Å². The summed E-state index contributed by atoms with van der Waals surface area (Å²) in [5.41, 5.74) is 3.30. The quantitative estimate of drug-likeness (QED) is 0.824. The molecule has 0 fully saturated rings. The highest BCUT2D eigenvalue weighted by Crippen LogP contribution is 2.29. The third-order valence-electron chi connectivity index (χ3n) is 2.99.